The summed E-state index contributed by atoms with van der Waals surface area (Å²) in [5, 5.41) is 3.29. The lowest BCUT2D eigenvalue weighted by Crippen LogP contribution is -2.43. The largest absolute Gasteiger partial charge is 0.484 e. The first-order chi connectivity index (χ1) is 9.22. The molecule has 19 heavy (non-hydrogen) atoms. The van der Waals surface area contributed by atoms with Gasteiger partial charge in [-0.3, -0.25) is 4.79 Å². The van der Waals surface area contributed by atoms with Crippen molar-refractivity contribution in [3.8, 4) is 5.75 Å². The third-order valence-electron chi connectivity index (χ3n) is 3.58. The summed E-state index contributed by atoms with van der Waals surface area (Å²) in [5.74, 6) is 0.857. The lowest BCUT2D eigenvalue weighted by atomic mass is 10.2. The molecule has 0 spiro atoms. The maximum absolute atomic E-state index is 12.2. The number of carbonyl (C=O) groups is 1. The first kappa shape index (κ1) is 13.9. The maximum atomic E-state index is 12.2. The average molecular weight is 262 g/mol. The van der Waals surface area contributed by atoms with Crippen molar-refractivity contribution in [1.82, 2.24) is 10.2 Å². The molecular weight excluding hydrogens is 240 g/mol. The van der Waals surface area contributed by atoms with Gasteiger partial charge >= 0.3 is 0 Å². The number of hydrogen-bond donors (Lipinski definition) is 1. The highest BCUT2D eigenvalue weighted by molar-refractivity contribution is 5.78. The minimum atomic E-state index is 0.0689. The van der Waals surface area contributed by atoms with Crippen molar-refractivity contribution in [2.24, 2.45) is 0 Å². The van der Waals surface area contributed by atoms with Crippen molar-refractivity contribution in [2.45, 2.75) is 26.3 Å². The summed E-state index contributed by atoms with van der Waals surface area (Å²) >= 11 is 0. The summed E-state index contributed by atoms with van der Waals surface area (Å²) in [4.78, 5) is 14.1. The highest BCUT2D eigenvalue weighted by atomic mass is 16.5. The van der Waals surface area contributed by atoms with Gasteiger partial charge in [-0.2, -0.15) is 0 Å². The zero-order valence-electron chi connectivity index (χ0n) is 11.7. The summed E-state index contributed by atoms with van der Waals surface area (Å²) < 4.78 is 5.63. The number of nitrogens with zero attached hydrogens (tertiary/aromatic N) is 1. The Hall–Kier alpha value is -1.55. The van der Waals surface area contributed by atoms with Gasteiger partial charge in [0.2, 0.25) is 0 Å². The minimum absolute atomic E-state index is 0.0689. The van der Waals surface area contributed by atoms with Crippen LogP contribution >= 0.6 is 0 Å². The average Bonchev–Trinajstić information content (AvgIpc) is 2.92. The van der Waals surface area contributed by atoms with E-state index in [0.29, 0.717) is 6.04 Å². The molecule has 0 bridgehead atoms. The van der Waals surface area contributed by atoms with Crippen LogP contribution in [0.2, 0.25) is 0 Å². The molecule has 2 rings (SSSR count). The molecule has 1 atom stereocenters. The Morgan fingerprint density at radius 2 is 2.26 bits per heavy atom. The molecule has 1 aromatic rings. The maximum Gasteiger partial charge on any atom is 0.260 e. The highest BCUT2D eigenvalue weighted by Gasteiger charge is 2.25. The van der Waals surface area contributed by atoms with Gasteiger partial charge in [0.1, 0.15) is 5.75 Å². The van der Waals surface area contributed by atoms with Crippen LogP contribution < -0.4 is 10.1 Å². The van der Waals surface area contributed by atoms with Gasteiger partial charge < -0.3 is 15.0 Å². The number of amides is 1. The predicted molar refractivity (Wildman–Crippen MR) is 75.3 cm³/mol. The van der Waals surface area contributed by atoms with Gasteiger partial charge in [-0.25, -0.2) is 0 Å². The Bertz CT molecular complexity index is 428. The predicted octanol–water partition coefficient (Wildman–Crippen LogP) is 1.58. The minimum Gasteiger partial charge on any atom is -0.484 e. The van der Waals surface area contributed by atoms with Crippen molar-refractivity contribution >= 4 is 5.91 Å². The molecule has 0 aromatic heterocycles. The number of benzene rings is 1. The fraction of sp³-hybridized carbons (Fsp3) is 0.533. The van der Waals surface area contributed by atoms with Crippen molar-refractivity contribution in [3.05, 3.63) is 29.8 Å². The Morgan fingerprint density at radius 1 is 1.47 bits per heavy atom. The second-order valence-electron chi connectivity index (χ2n) is 4.88. The Kier molecular flexibility index (Phi) is 4.80. The zero-order chi connectivity index (χ0) is 13.7. The Morgan fingerprint density at radius 3 is 2.89 bits per heavy atom. The molecule has 1 amide bonds. The van der Waals surface area contributed by atoms with Crippen LogP contribution in [0.3, 0.4) is 0 Å². The van der Waals surface area contributed by atoms with Gasteiger partial charge in [0.15, 0.2) is 6.61 Å². The molecule has 1 fully saturated rings. The number of hydrogen-bond acceptors (Lipinski definition) is 3. The highest BCUT2D eigenvalue weighted by Crippen LogP contribution is 2.16. The number of rotatable bonds is 5. The molecule has 1 N–H and O–H groups in total. The number of likely N-dealkylation sites (N-methyl/N-ethyl adjacent to an activating group) is 1. The summed E-state index contributed by atoms with van der Waals surface area (Å²) in [6, 6.07) is 8.09. The lowest BCUT2D eigenvalue weighted by molar-refractivity contribution is -0.135. The topological polar surface area (TPSA) is 41.6 Å². The van der Waals surface area contributed by atoms with Gasteiger partial charge in [-0.1, -0.05) is 18.2 Å². The van der Waals surface area contributed by atoms with Crippen molar-refractivity contribution in [2.75, 3.05) is 26.2 Å². The Balaban J connectivity index is 1.91. The van der Waals surface area contributed by atoms with Gasteiger partial charge in [-0.05, 0) is 38.4 Å². The summed E-state index contributed by atoms with van der Waals surface area (Å²) in [6.45, 7) is 6.75. The molecule has 1 heterocycles. The molecular formula is C15H22N2O2. The first-order valence-electron chi connectivity index (χ1n) is 6.91. The van der Waals surface area contributed by atoms with E-state index < -0.39 is 0 Å². The van der Waals surface area contributed by atoms with E-state index in [1.165, 1.54) is 0 Å². The SMILES string of the molecule is CCN(C(=O)COc1ccccc1C)C1CCNC1. The molecule has 1 saturated heterocycles. The fourth-order valence-electron chi connectivity index (χ4n) is 2.48. The van der Waals surface area contributed by atoms with Crippen LogP contribution in [0, 0.1) is 6.92 Å². The van der Waals surface area contributed by atoms with E-state index >= 15 is 0 Å². The number of aryl methyl sites for hydroxylation is 1. The van der Waals surface area contributed by atoms with Gasteiger partial charge in [0.05, 0.1) is 0 Å². The van der Waals surface area contributed by atoms with Crippen LogP contribution in [0.15, 0.2) is 24.3 Å². The number of para-hydroxylation sites is 1. The van der Waals surface area contributed by atoms with Gasteiger partial charge in [-0.15, -0.1) is 0 Å². The fourth-order valence-corrected chi connectivity index (χ4v) is 2.48. The molecule has 104 valence electrons. The van der Waals surface area contributed by atoms with E-state index in [0.717, 1.165) is 37.4 Å². The number of nitrogens with one attached hydrogen (secondary N) is 1. The van der Waals surface area contributed by atoms with Crippen molar-refractivity contribution in [1.29, 1.82) is 0 Å². The van der Waals surface area contributed by atoms with Crippen LogP contribution in [-0.4, -0.2) is 43.1 Å². The van der Waals surface area contributed by atoms with E-state index in [4.69, 9.17) is 4.74 Å². The van der Waals surface area contributed by atoms with Crippen LogP contribution in [-0.2, 0) is 4.79 Å². The van der Waals surface area contributed by atoms with Crippen LogP contribution in [0.5, 0.6) is 5.75 Å². The normalized spacial score (nSPS) is 18.3. The summed E-state index contributed by atoms with van der Waals surface area (Å²) in [5.41, 5.74) is 1.06. The van der Waals surface area contributed by atoms with Gasteiger partial charge in [0, 0.05) is 19.1 Å². The zero-order valence-corrected chi connectivity index (χ0v) is 11.7. The monoisotopic (exact) mass is 262 g/mol. The standard InChI is InChI=1S/C15H22N2O2/c1-3-17(13-8-9-16-10-13)15(18)11-19-14-7-5-4-6-12(14)2/h4-7,13,16H,3,8-11H2,1-2H3. The van der Waals surface area contributed by atoms with E-state index in [-0.39, 0.29) is 12.5 Å². The van der Waals surface area contributed by atoms with Crippen molar-refractivity contribution in [3.63, 3.8) is 0 Å². The van der Waals surface area contributed by atoms with Crippen LogP contribution in [0.1, 0.15) is 18.9 Å². The molecule has 0 aliphatic carbocycles. The smallest absolute Gasteiger partial charge is 0.260 e. The first-order valence-corrected chi connectivity index (χ1v) is 6.91. The summed E-state index contributed by atoms with van der Waals surface area (Å²) in [7, 11) is 0. The molecule has 0 saturated carbocycles. The molecule has 1 aromatic carbocycles. The lowest BCUT2D eigenvalue weighted by Gasteiger charge is -2.27. The second-order valence-corrected chi connectivity index (χ2v) is 4.88. The van der Waals surface area contributed by atoms with Crippen LogP contribution in [0.25, 0.3) is 0 Å². The van der Waals surface area contributed by atoms with E-state index in [1.54, 1.807) is 0 Å². The molecule has 4 nitrogen and oxygen atoms in total. The number of ether oxygens (including phenoxy) is 1. The third-order valence-corrected chi connectivity index (χ3v) is 3.58. The molecule has 0 radical (unpaired) electrons. The quantitative estimate of drug-likeness (QED) is 0.876. The third kappa shape index (κ3) is 3.47. The van der Waals surface area contributed by atoms with Crippen molar-refractivity contribution < 1.29 is 9.53 Å². The van der Waals surface area contributed by atoms with E-state index in [9.17, 15) is 4.79 Å². The van der Waals surface area contributed by atoms with E-state index in [1.807, 2.05) is 43.0 Å². The molecule has 1 unspecified atom stereocenters. The van der Waals surface area contributed by atoms with E-state index in [2.05, 4.69) is 5.32 Å². The van der Waals surface area contributed by atoms with Crippen LogP contribution in [0.4, 0.5) is 0 Å². The van der Waals surface area contributed by atoms with Gasteiger partial charge in [0.25, 0.3) is 5.91 Å². The summed E-state index contributed by atoms with van der Waals surface area (Å²) in [6.07, 6.45) is 1.03. The molecule has 1 aliphatic rings. The molecule has 4 heteroatoms. The Labute approximate surface area is 114 Å². The second kappa shape index (κ2) is 6.57. The molecule has 1 aliphatic heterocycles. The number of carbonyl (C=O) groups excluding carboxylic acids is 1.